The van der Waals surface area contributed by atoms with Crippen molar-refractivity contribution in [3.8, 4) is 5.88 Å². The summed E-state index contributed by atoms with van der Waals surface area (Å²) < 4.78 is 1.75. The minimum absolute atomic E-state index is 0.0459. The van der Waals surface area contributed by atoms with Gasteiger partial charge in [-0.15, -0.1) is 0 Å². The van der Waals surface area contributed by atoms with E-state index in [1.807, 2.05) is 0 Å². The van der Waals surface area contributed by atoms with Crippen molar-refractivity contribution in [1.29, 1.82) is 0 Å². The Kier molecular flexibility index (Phi) is 4.49. The van der Waals surface area contributed by atoms with E-state index in [-0.39, 0.29) is 22.5 Å². The molecule has 1 saturated carbocycles. The largest absolute Gasteiger partial charge is 0.494 e. The molecule has 158 valence electrons. The Labute approximate surface area is 176 Å². The van der Waals surface area contributed by atoms with Crippen LogP contribution in [-0.4, -0.2) is 37.3 Å². The van der Waals surface area contributed by atoms with E-state index in [1.165, 1.54) is 27.9 Å². The van der Waals surface area contributed by atoms with E-state index < -0.39 is 46.3 Å². The van der Waals surface area contributed by atoms with Crippen LogP contribution in [0.1, 0.15) is 30.5 Å². The van der Waals surface area contributed by atoms with Crippen molar-refractivity contribution in [1.82, 2.24) is 9.13 Å². The van der Waals surface area contributed by atoms with Crippen molar-refractivity contribution in [2.75, 3.05) is 0 Å². The smallest absolute Gasteiger partial charge is 0.333 e. The number of nitrogens with zero attached hydrogens (tertiary/aromatic N) is 3. The van der Waals surface area contributed by atoms with E-state index in [0.29, 0.717) is 11.1 Å². The molecule has 9 heteroatoms. The minimum Gasteiger partial charge on any atom is -0.494 e. The van der Waals surface area contributed by atoms with Gasteiger partial charge >= 0.3 is 5.69 Å². The van der Waals surface area contributed by atoms with E-state index >= 15 is 0 Å². The molecule has 2 atom stereocenters. The second-order valence-electron chi connectivity index (χ2n) is 7.71. The van der Waals surface area contributed by atoms with Crippen LogP contribution < -0.4 is 11.2 Å². The molecule has 0 saturated heterocycles. The standard InChI is InChI=1S/C22H19N3O6/c1-9-17(26)10(2)19(28)13(18(9)27)15-11-7-5-6-8-12(11)16(23-15)14-20(29)24(3)22(31)25(4)21(14)30/h5-10,29H,1-4H3. The molecule has 0 spiro atoms. The van der Waals surface area contributed by atoms with Crippen LogP contribution in [0.5, 0.6) is 5.88 Å². The van der Waals surface area contributed by atoms with E-state index in [0.717, 1.165) is 9.13 Å². The van der Waals surface area contributed by atoms with Gasteiger partial charge in [-0.25, -0.2) is 9.79 Å². The lowest BCUT2D eigenvalue weighted by atomic mass is 9.76. The molecule has 1 aliphatic heterocycles. The highest BCUT2D eigenvalue weighted by Gasteiger charge is 2.44. The quantitative estimate of drug-likeness (QED) is 0.402. The molecule has 1 aromatic carbocycles. The average Bonchev–Trinajstić information content (AvgIpc) is 3.13. The zero-order valence-electron chi connectivity index (χ0n) is 17.3. The highest BCUT2D eigenvalue weighted by atomic mass is 16.3. The monoisotopic (exact) mass is 421 g/mol. The molecule has 31 heavy (non-hydrogen) atoms. The molecule has 0 radical (unpaired) electrons. The fraction of sp³-hybridized carbons (Fsp3) is 0.273. The Bertz CT molecular complexity index is 1360. The summed E-state index contributed by atoms with van der Waals surface area (Å²) in [5, 5.41) is 10.6. The summed E-state index contributed by atoms with van der Waals surface area (Å²) in [5.74, 6) is -4.24. The Balaban J connectivity index is 2.09. The predicted molar refractivity (Wildman–Crippen MR) is 111 cm³/mol. The molecule has 1 N–H and O–H groups in total. The molecule has 2 aromatic rings. The van der Waals surface area contributed by atoms with Gasteiger partial charge in [0.1, 0.15) is 5.56 Å². The summed E-state index contributed by atoms with van der Waals surface area (Å²) in [5.41, 5.74) is -0.934. The maximum atomic E-state index is 12.9. The molecule has 0 amide bonds. The van der Waals surface area contributed by atoms with Crippen LogP contribution in [0.25, 0.3) is 5.70 Å². The van der Waals surface area contributed by atoms with Gasteiger partial charge in [0.2, 0.25) is 5.88 Å². The SMILES string of the molecule is CC1C(=O)C(=C2N=C(c3c(O)n(C)c(=O)n(C)c3=O)c3ccccc32)C(=O)C(C)C1=O. The number of hydrogen-bond donors (Lipinski definition) is 1. The van der Waals surface area contributed by atoms with Gasteiger partial charge < -0.3 is 5.11 Å². The molecule has 0 bridgehead atoms. The number of carbonyl (C=O) groups is 3. The lowest BCUT2D eigenvalue weighted by molar-refractivity contribution is -0.140. The lowest BCUT2D eigenvalue weighted by Crippen LogP contribution is -2.41. The molecule has 2 aliphatic rings. The number of hydrogen-bond acceptors (Lipinski definition) is 7. The number of fused-ring (bicyclic) bond motifs is 1. The van der Waals surface area contributed by atoms with Crippen molar-refractivity contribution < 1.29 is 19.5 Å². The zero-order chi connectivity index (χ0) is 22.8. The number of benzene rings is 1. The molecule has 4 rings (SSSR count). The molecule has 9 nitrogen and oxygen atoms in total. The van der Waals surface area contributed by atoms with Gasteiger partial charge in [-0.2, -0.15) is 0 Å². The molecule has 1 aromatic heterocycles. The summed E-state index contributed by atoms with van der Waals surface area (Å²) in [6, 6.07) is 6.66. The first kappa shape index (κ1) is 20.4. The van der Waals surface area contributed by atoms with Gasteiger partial charge in [0, 0.05) is 25.2 Å². The third-order valence-corrected chi connectivity index (χ3v) is 5.90. The van der Waals surface area contributed by atoms with Gasteiger partial charge in [-0.05, 0) is 13.8 Å². The summed E-state index contributed by atoms with van der Waals surface area (Å²) >= 11 is 0. The Hall–Kier alpha value is -3.88. The number of allylic oxidation sites excluding steroid dienone is 1. The number of ketones is 3. The fourth-order valence-electron chi connectivity index (χ4n) is 3.97. The summed E-state index contributed by atoms with van der Waals surface area (Å²) in [7, 11) is 2.59. The zero-order valence-corrected chi connectivity index (χ0v) is 17.3. The van der Waals surface area contributed by atoms with Crippen LogP contribution in [0.3, 0.4) is 0 Å². The second kappa shape index (κ2) is 6.83. The maximum Gasteiger partial charge on any atom is 0.333 e. The number of carbonyl (C=O) groups excluding carboxylic acids is 3. The highest BCUT2D eigenvalue weighted by molar-refractivity contribution is 6.39. The highest BCUT2D eigenvalue weighted by Crippen LogP contribution is 2.38. The number of rotatable bonds is 1. The average molecular weight is 421 g/mol. The molecule has 2 heterocycles. The molecular formula is C22H19N3O6. The molecular weight excluding hydrogens is 402 g/mol. The number of aromatic hydroxyl groups is 1. The Morgan fingerprint density at radius 3 is 2.00 bits per heavy atom. The first-order chi connectivity index (χ1) is 14.6. The third-order valence-electron chi connectivity index (χ3n) is 5.90. The maximum absolute atomic E-state index is 12.9. The number of aromatic nitrogens is 2. The van der Waals surface area contributed by atoms with Gasteiger partial charge in [0.15, 0.2) is 17.3 Å². The van der Waals surface area contributed by atoms with Crippen LogP contribution >= 0.6 is 0 Å². The summed E-state index contributed by atoms with van der Waals surface area (Å²) in [6.45, 7) is 2.91. The van der Waals surface area contributed by atoms with Crippen molar-refractivity contribution in [2.24, 2.45) is 30.9 Å². The van der Waals surface area contributed by atoms with Crippen LogP contribution in [0.15, 0.2) is 44.4 Å². The molecule has 1 aliphatic carbocycles. The van der Waals surface area contributed by atoms with Crippen molar-refractivity contribution in [3.63, 3.8) is 0 Å². The van der Waals surface area contributed by atoms with Gasteiger partial charge in [-0.1, -0.05) is 24.3 Å². The van der Waals surface area contributed by atoms with E-state index in [2.05, 4.69) is 4.99 Å². The topological polar surface area (TPSA) is 128 Å². The summed E-state index contributed by atoms with van der Waals surface area (Å²) in [6.07, 6.45) is 0. The van der Waals surface area contributed by atoms with Crippen molar-refractivity contribution >= 4 is 28.8 Å². The normalized spacial score (nSPS) is 20.9. The second-order valence-corrected chi connectivity index (χ2v) is 7.71. The van der Waals surface area contributed by atoms with Crippen molar-refractivity contribution in [2.45, 2.75) is 13.8 Å². The Morgan fingerprint density at radius 1 is 0.871 bits per heavy atom. The number of aliphatic imine (C=N–C) groups is 1. The van der Waals surface area contributed by atoms with Crippen LogP contribution in [0, 0.1) is 11.8 Å². The van der Waals surface area contributed by atoms with E-state index in [9.17, 15) is 29.1 Å². The summed E-state index contributed by atoms with van der Waals surface area (Å²) in [4.78, 5) is 67.4. The van der Waals surface area contributed by atoms with Crippen LogP contribution in [0.2, 0.25) is 0 Å². The van der Waals surface area contributed by atoms with Gasteiger partial charge in [0.05, 0.1) is 28.8 Å². The molecule has 1 fully saturated rings. The van der Waals surface area contributed by atoms with Crippen LogP contribution in [0.4, 0.5) is 0 Å². The van der Waals surface area contributed by atoms with E-state index in [4.69, 9.17) is 0 Å². The first-order valence-corrected chi connectivity index (χ1v) is 9.62. The fourth-order valence-corrected chi connectivity index (χ4v) is 3.97. The minimum atomic E-state index is -0.986. The van der Waals surface area contributed by atoms with Crippen molar-refractivity contribution in [3.05, 3.63) is 67.4 Å². The molecule has 2 unspecified atom stereocenters. The Morgan fingerprint density at radius 2 is 1.42 bits per heavy atom. The third kappa shape index (κ3) is 2.69. The lowest BCUT2D eigenvalue weighted by Gasteiger charge is -2.23. The van der Waals surface area contributed by atoms with Crippen LogP contribution in [-0.2, 0) is 28.5 Å². The predicted octanol–water partition coefficient (Wildman–Crippen LogP) is 0.345. The first-order valence-electron chi connectivity index (χ1n) is 9.62. The number of Topliss-reactive ketones (excluding diaryl/α,β-unsaturated/α-hetero) is 3. The van der Waals surface area contributed by atoms with E-state index in [1.54, 1.807) is 24.3 Å². The van der Waals surface area contributed by atoms with Gasteiger partial charge in [-0.3, -0.25) is 28.3 Å². The van der Waals surface area contributed by atoms with Gasteiger partial charge in [0.25, 0.3) is 5.56 Å².